The Morgan fingerprint density at radius 1 is 0.969 bits per heavy atom. The lowest BCUT2D eigenvalue weighted by Gasteiger charge is -2.07. The van der Waals surface area contributed by atoms with Crippen LogP contribution in [-0.4, -0.2) is 30.4 Å². The van der Waals surface area contributed by atoms with Crippen LogP contribution in [0.2, 0.25) is 0 Å². The van der Waals surface area contributed by atoms with Gasteiger partial charge in [-0.05, 0) is 73.2 Å². The summed E-state index contributed by atoms with van der Waals surface area (Å²) in [4.78, 5) is 24.8. The number of nitrogens with one attached hydrogen (secondary N) is 2. The first kappa shape index (κ1) is 23.0. The van der Waals surface area contributed by atoms with Gasteiger partial charge in [0.15, 0.2) is 6.61 Å². The molecule has 0 radical (unpaired) electrons. The number of nitrogens with zero attached hydrogens (tertiary/aromatic N) is 1. The number of rotatable bonds is 9. The molecule has 0 atom stereocenters. The van der Waals surface area contributed by atoms with Crippen molar-refractivity contribution in [2.24, 2.45) is 5.10 Å². The fourth-order valence-corrected chi connectivity index (χ4v) is 3.21. The van der Waals surface area contributed by atoms with Crippen LogP contribution in [0.5, 0.6) is 5.75 Å². The molecule has 3 aromatic carbocycles. The monoisotopic (exact) mass is 451 g/mol. The second-order valence-electron chi connectivity index (χ2n) is 6.81. The Morgan fingerprint density at radius 3 is 2.34 bits per heavy atom. The highest BCUT2D eigenvalue weighted by Gasteiger charge is 2.04. The quantitative estimate of drug-likeness (QED) is 0.287. The molecule has 0 spiro atoms. The molecule has 0 aliphatic heterocycles. The number of carbonyl (C=O) groups excluding carboxylic acids is 2. The lowest BCUT2D eigenvalue weighted by molar-refractivity contribution is -0.119. The zero-order valence-corrected chi connectivity index (χ0v) is 18.2. The molecular weight excluding hydrogens is 429 g/mol. The van der Waals surface area contributed by atoms with Gasteiger partial charge in [0.2, 0.25) is 5.91 Å². The van der Waals surface area contributed by atoms with E-state index in [-0.39, 0.29) is 30.0 Å². The molecule has 0 fully saturated rings. The van der Waals surface area contributed by atoms with Crippen molar-refractivity contribution in [2.45, 2.75) is 11.8 Å². The lowest BCUT2D eigenvalue weighted by atomic mass is 10.2. The zero-order chi connectivity index (χ0) is 22.8. The van der Waals surface area contributed by atoms with Gasteiger partial charge in [0.05, 0.1) is 12.0 Å². The lowest BCUT2D eigenvalue weighted by Crippen LogP contribution is -2.20. The number of hydrogen-bond donors (Lipinski definition) is 2. The number of thioether (sulfide) groups is 1. The molecule has 3 aromatic rings. The minimum absolute atomic E-state index is 0.181. The molecule has 164 valence electrons. The fourth-order valence-electron chi connectivity index (χ4n) is 2.52. The number of carbonyl (C=O) groups is 2. The highest BCUT2D eigenvalue weighted by Crippen LogP contribution is 2.17. The summed E-state index contributed by atoms with van der Waals surface area (Å²) >= 11 is 1.44. The second-order valence-corrected chi connectivity index (χ2v) is 7.86. The third-order valence-electron chi connectivity index (χ3n) is 4.17. The molecule has 0 saturated heterocycles. The number of hydrogen-bond acceptors (Lipinski definition) is 5. The van der Waals surface area contributed by atoms with Gasteiger partial charge < -0.3 is 10.1 Å². The van der Waals surface area contributed by atoms with Crippen LogP contribution < -0.4 is 15.5 Å². The maximum absolute atomic E-state index is 12.9. The van der Waals surface area contributed by atoms with E-state index in [0.29, 0.717) is 11.4 Å². The molecule has 0 aliphatic rings. The highest BCUT2D eigenvalue weighted by atomic mass is 32.2. The SMILES string of the molecule is Cc1ccc(SCC(=O)N/N=C/c2ccc(OCC(=O)Nc3ccc(F)cc3)cc2)cc1. The molecule has 0 heterocycles. The van der Waals surface area contributed by atoms with Crippen molar-refractivity contribution in [1.29, 1.82) is 0 Å². The van der Waals surface area contributed by atoms with E-state index in [4.69, 9.17) is 4.74 Å². The predicted octanol–water partition coefficient (Wildman–Crippen LogP) is 4.39. The van der Waals surface area contributed by atoms with Gasteiger partial charge in [-0.3, -0.25) is 9.59 Å². The Hall–Kier alpha value is -3.65. The molecule has 2 N–H and O–H groups in total. The van der Waals surface area contributed by atoms with E-state index in [0.717, 1.165) is 10.5 Å². The Labute approximate surface area is 189 Å². The molecule has 32 heavy (non-hydrogen) atoms. The van der Waals surface area contributed by atoms with Crippen LogP contribution in [0.3, 0.4) is 0 Å². The summed E-state index contributed by atoms with van der Waals surface area (Å²) in [5.41, 5.74) is 4.93. The van der Waals surface area contributed by atoms with Gasteiger partial charge in [-0.1, -0.05) is 17.7 Å². The van der Waals surface area contributed by atoms with E-state index < -0.39 is 0 Å². The van der Waals surface area contributed by atoms with Crippen LogP contribution in [0.25, 0.3) is 0 Å². The predicted molar refractivity (Wildman–Crippen MR) is 125 cm³/mol. The largest absolute Gasteiger partial charge is 0.484 e. The Bertz CT molecular complexity index is 1070. The van der Waals surface area contributed by atoms with Crippen molar-refractivity contribution in [3.8, 4) is 5.75 Å². The summed E-state index contributed by atoms with van der Waals surface area (Å²) in [6.45, 7) is 1.83. The highest BCUT2D eigenvalue weighted by molar-refractivity contribution is 8.00. The van der Waals surface area contributed by atoms with E-state index >= 15 is 0 Å². The summed E-state index contributed by atoms with van der Waals surface area (Å²) in [6.07, 6.45) is 1.53. The molecule has 0 unspecified atom stereocenters. The Balaban J connectivity index is 1.38. The van der Waals surface area contributed by atoms with Crippen LogP contribution in [0.4, 0.5) is 10.1 Å². The number of ether oxygens (including phenoxy) is 1. The van der Waals surface area contributed by atoms with Crippen LogP contribution in [-0.2, 0) is 9.59 Å². The first-order valence-electron chi connectivity index (χ1n) is 9.77. The summed E-state index contributed by atoms with van der Waals surface area (Å²) in [7, 11) is 0. The van der Waals surface area contributed by atoms with Gasteiger partial charge >= 0.3 is 0 Å². The number of amides is 2. The van der Waals surface area contributed by atoms with Gasteiger partial charge in [-0.15, -0.1) is 11.8 Å². The third kappa shape index (κ3) is 7.88. The number of aryl methyl sites for hydroxylation is 1. The molecule has 2 amide bonds. The molecule has 3 rings (SSSR count). The van der Waals surface area contributed by atoms with Gasteiger partial charge in [0.1, 0.15) is 11.6 Å². The molecule has 0 aromatic heterocycles. The van der Waals surface area contributed by atoms with Crippen LogP contribution in [0, 0.1) is 12.7 Å². The summed E-state index contributed by atoms with van der Waals surface area (Å²) < 4.78 is 18.3. The molecule has 0 aliphatic carbocycles. The second kappa shape index (κ2) is 11.7. The number of hydrazone groups is 1. The Kier molecular flexibility index (Phi) is 8.39. The fraction of sp³-hybridized carbons (Fsp3) is 0.125. The Morgan fingerprint density at radius 2 is 1.66 bits per heavy atom. The summed E-state index contributed by atoms with van der Waals surface area (Å²) in [6, 6.07) is 20.3. The minimum atomic E-state index is -0.372. The van der Waals surface area contributed by atoms with E-state index in [1.807, 2.05) is 31.2 Å². The van der Waals surface area contributed by atoms with Crippen LogP contribution >= 0.6 is 11.8 Å². The molecule has 8 heteroatoms. The first-order valence-corrected chi connectivity index (χ1v) is 10.8. The number of benzene rings is 3. The number of halogens is 1. The molecule has 0 saturated carbocycles. The van der Waals surface area contributed by atoms with E-state index in [1.165, 1.54) is 47.8 Å². The van der Waals surface area contributed by atoms with Gasteiger partial charge in [0, 0.05) is 10.6 Å². The average Bonchev–Trinajstić information content (AvgIpc) is 2.80. The average molecular weight is 452 g/mol. The maximum atomic E-state index is 12.9. The van der Waals surface area contributed by atoms with Crippen molar-refractivity contribution in [3.05, 3.63) is 89.7 Å². The standard InChI is InChI=1S/C24H22FN3O3S/c1-17-2-12-22(13-3-17)32-16-24(30)28-26-14-18-4-10-21(11-5-18)31-15-23(29)27-20-8-6-19(25)7-9-20/h2-14H,15-16H2,1H3,(H,27,29)(H,28,30)/b26-14+. The summed E-state index contributed by atoms with van der Waals surface area (Å²) in [5.74, 6) is -0.140. The third-order valence-corrected chi connectivity index (χ3v) is 5.18. The summed E-state index contributed by atoms with van der Waals surface area (Å²) in [5, 5.41) is 6.57. The van der Waals surface area contributed by atoms with Gasteiger partial charge in [0.25, 0.3) is 5.91 Å². The first-order chi connectivity index (χ1) is 15.5. The number of anilines is 1. The molecular formula is C24H22FN3O3S. The van der Waals surface area contributed by atoms with Crippen LogP contribution in [0.15, 0.2) is 82.8 Å². The van der Waals surface area contributed by atoms with Crippen molar-refractivity contribution in [1.82, 2.24) is 5.43 Å². The van der Waals surface area contributed by atoms with Crippen molar-refractivity contribution >= 4 is 35.5 Å². The van der Waals surface area contributed by atoms with Crippen molar-refractivity contribution < 1.29 is 18.7 Å². The van der Waals surface area contributed by atoms with Crippen LogP contribution in [0.1, 0.15) is 11.1 Å². The van der Waals surface area contributed by atoms with E-state index in [9.17, 15) is 14.0 Å². The minimum Gasteiger partial charge on any atom is -0.484 e. The van der Waals surface area contributed by atoms with E-state index in [1.54, 1.807) is 24.3 Å². The normalized spacial score (nSPS) is 10.7. The smallest absolute Gasteiger partial charge is 0.262 e. The van der Waals surface area contributed by atoms with Gasteiger partial charge in [-0.25, -0.2) is 9.82 Å². The van der Waals surface area contributed by atoms with E-state index in [2.05, 4.69) is 15.8 Å². The maximum Gasteiger partial charge on any atom is 0.262 e. The van der Waals surface area contributed by atoms with Crippen molar-refractivity contribution in [3.63, 3.8) is 0 Å². The topological polar surface area (TPSA) is 79.8 Å². The molecule has 0 bridgehead atoms. The molecule has 6 nitrogen and oxygen atoms in total. The van der Waals surface area contributed by atoms with Gasteiger partial charge in [-0.2, -0.15) is 5.10 Å². The van der Waals surface area contributed by atoms with Crippen molar-refractivity contribution in [2.75, 3.05) is 17.7 Å². The zero-order valence-electron chi connectivity index (χ0n) is 17.4.